The van der Waals surface area contributed by atoms with Gasteiger partial charge in [-0.3, -0.25) is 14.9 Å². The molecule has 1 aliphatic heterocycles. The SMILES string of the molecule is O=C(c1ccc2c(c1)CCCC2)N1CCN(c2ccc(Cl)cc2[N+](=O)[O-])CC1. The van der Waals surface area contributed by atoms with Crippen LogP contribution in [0, 0.1) is 10.1 Å². The van der Waals surface area contributed by atoms with Crippen LogP contribution in [0.25, 0.3) is 0 Å². The molecule has 0 radical (unpaired) electrons. The predicted molar refractivity (Wildman–Crippen MR) is 109 cm³/mol. The van der Waals surface area contributed by atoms with Crippen molar-refractivity contribution in [1.82, 2.24) is 4.90 Å². The molecule has 1 aliphatic carbocycles. The molecule has 1 saturated heterocycles. The Kier molecular flexibility index (Phi) is 5.22. The van der Waals surface area contributed by atoms with E-state index >= 15 is 0 Å². The summed E-state index contributed by atoms with van der Waals surface area (Å²) in [6.07, 6.45) is 4.55. The van der Waals surface area contributed by atoms with Crippen LogP contribution < -0.4 is 4.90 Å². The van der Waals surface area contributed by atoms with Crippen LogP contribution in [-0.2, 0) is 12.8 Å². The monoisotopic (exact) mass is 399 g/mol. The molecule has 1 fully saturated rings. The molecule has 0 unspecified atom stereocenters. The number of halogens is 1. The van der Waals surface area contributed by atoms with Crippen molar-refractivity contribution in [3.8, 4) is 0 Å². The van der Waals surface area contributed by atoms with Gasteiger partial charge in [0.1, 0.15) is 5.69 Å². The number of fused-ring (bicyclic) bond motifs is 1. The largest absolute Gasteiger partial charge is 0.362 e. The van der Waals surface area contributed by atoms with Crippen molar-refractivity contribution in [2.75, 3.05) is 31.1 Å². The second-order valence-electron chi connectivity index (χ2n) is 7.36. The van der Waals surface area contributed by atoms with Crippen molar-refractivity contribution >= 4 is 28.9 Å². The van der Waals surface area contributed by atoms with Crippen molar-refractivity contribution in [2.24, 2.45) is 0 Å². The molecule has 2 aromatic rings. The highest BCUT2D eigenvalue weighted by atomic mass is 35.5. The third kappa shape index (κ3) is 3.69. The van der Waals surface area contributed by atoms with Gasteiger partial charge < -0.3 is 9.80 Å². The molecule has 0 saturated carbocycles. The number of anilines is 1. The van der Waals surface area contributed by atoms with Crippen LogP contribution in [0.3, 0.4) is 0 Å². The summed E-state index contributed by atoms with van der Waals surface area (Å²) in [5, 5.41) is 11.7. The molecule has 0 spiro atoms. The lowest BCUT2D eigenvalue weighted by atomic mass is 9.90. The van der Waals surface area contributed by atoms with Crippen molar-refractivity contribution in [1.29, 1.82) is 0 Å². The summed E-state index contributed by atoms with van der Waals surface area (Å²) in [5.41, 5.74) is 3.96. The third-order valence-corrected chi connectivity index (χ3v) is 5.87. The molecule has 6 nitrogen and oxygen atoms in total. The Morgan fingerprint density at radius 2 is 1.68 bits per heavy atom. The van der Waals surface area contributed by atoms with E-state index in [0.29, 0.717) is 36.9 Å². The van der Waals surface area contributed by atoms with E-state index in [1.807, 2.05) is 21.9 Å². The van der Waals surface area contributed by atoms with Crippen molar-refractivity contribution in [3.05, 3.63) is 68.2 Å². The minimum Gasteiger partial charge on any atom is -0.362 e. The van der Waals surface area contributed by atoms with Crippen LogP contribution >= 0.6 is 11.6 Å². The Balaban J connectivity index is 1.46. The fourth-order valence-corrected chi connectivity index (χ4v) is 4.28. The zero-order chi connectivity index (χ0) is 19.7. The van der Waals surface area contributed by atoms with Crippen molar-refractivity contribution < 1.29 is 9.72 Å². The third-order valence-electron chi connectivity index (χ3n) is 5.64. The molecule has 1 heterocycles. The van der Waals surface area contributed by atoms with E-state index < -0.39 is 4.92 Å². The molecular weight excluding hydrogens is 378 g/mol. The van der Waals surface area contributed by atoms with Crippen LogP contribution in [0.2, 0.25) is 5.02 Å². The van der Waals surface area contributed by atoms with E-state index in [1.165, 1.54) is 30.0 Å². The molecule has 2 aromatic carbocycles. The molecule has 0 N–H and O–H groups in total. The smallest absolute Gasteiger partial charge is 0.294 e. The van der Waals surface area contributed by atoms with E-state index in [9.17, 15) is 14.9 Å². The van der Waals surface area contributed by atoms with Crippen LogP contribution in [0.4, 0.5) is 11.4 Å². The maximum Gasteiger partial charge on any atom is 0.294 e. The Bertz CT molecular complexity index is 923. The number of rotatable bonds is 3. The van der Waals surface area contributed by atoms with Crippen LogP contribution in [0.1, 0.15) is 34.3 Å². The molecule has 0 bridgehead atoms. The standard InChI is InChI=1S/C21H22ClN3O3/c22-18-7-8-19(20(14-18)25(27)28)23-9-11-24(12-10-23)21(26)17-6-5-15-3-1-2-4-16(15)13-17/h5-8,13-14H,1-4,9-12H2. The normalized spacial score (nSPS) is 16.6. The fraction of sp³-hybridized carbons (Fsp3) is 0.381. The number of piperazine rings is 1. The second kappa shape index (κ2) is 7.80. The van der Waals surface area contributed by atoms with E-state index in [0.717, 1.165) is 18.4 Å². The van der Waals surface area contributed by atoms with Gasteiger partial charge in [0.15, 0.2) is 0 Å². The van der Waals surface area contributed by atoms with Gasteiger partial charge in [-0.1, -0.05) is 17.7 Å². The summed E-state index contributed by atoms with van der Waals surface area (Å²) in [6, 6.07) is 10.8. The van der Waals surface area contributed by atoms with Crippen molar-refractivity contribution in [2.45, 2.75) is 25.7 Å². The number of hydrogen-bond donors (Lipinski definition) is 0. The van der Waals surface area contributed by atoms with Gasteiger partial charge in [-0.15, -0.1) is 0 Å². The number of nitrogens with zero attached hydrogens (tertiary/aromatic N) is 3. The van der Waals surface area contributed by atoms with Gasteiger partial charge in [-0.2, -0.15) is 0 Å². The van der Waals surface area contributed by atoms with Gasteiger partial charge in [0.05, 0.1) is 4.92 Å². The van der Waals surface area contributed by atoms with Crippen molar-refractivity contribution in [3.63, 3.8) is 0 Å². The second-order valence-corrected chi connectivity index (χ2v) is 7.80. The van der Waals surface area contributed by atoms with Crippen LogP contribution in [0.15, 0.2) is 36.4 Å². The first-order valence-corrected chi connectivity index (χ1v) is 10.0. The summed E-state index contributed by atoms with van der Waals surface area (Å²) < 4.78 is 0. The first-order valence-electron chi connectivity index (χ1n) is 9.63. The minimum absolute atomic E-state index is 0.00182. The average molecular weight is 400 g/mol. The lowest BCUT2D eigenvalue weighted by Crippen LogP contribution is -2.49. The number of nitro groups is 1. The first-order chi connectivity index (χ1) is 13.5. The van der Waals surface area contributed by atoms with E-state index in [-0.39, 0.29) is 11.6 Å². The van der Waals surface area contributed by atoms with E-state index in [4.69, 9.17) is 11.6 Å². The Morgan fingerprint density at radius 1 is 0.964 bits per heavy atom. The van der Waals surface area contributed by atoms with Gasteiger partial charge >= 0.3 is 0 Å². The Morgan fingerprint density at radius 3 is 2.39 bits per heavy atom. The zero-order valence-corrected chi connectivity index (χ0v) is 16.3. The number of aryl methyl sites for hydroxylation is 2. The number of benzene rings is 2. The van der Waals surface area contributed by atoms with Crippen LogP contribution in [0.5, 0.6) is 0 Å². The lowest BCUT2D eigenvalue weighted by molar-refractivity contribution is -0.384. The summed E-state index contributed by atoms with van der Waals surface area (Å²) in [5.74, 6) is 0.0404. The summed E-state index contributed by atoms with van der Waals surface area (Å²) in [4.78, 5) is 27.7. The van der Waals surface area contributed by atoms with E-state index in [2.05, 4.69) is 6.07 Å². The zero-order valence-electron chi connectivity index (χ0n) is 15.6. The quantitative estimate of drug-likeness (QED) is 0.576. The highest BCUT2D eigenvalue weighted by Gasteiger charge is 2.27. The summed E-state index contributed by atoms with van der Waals surface area (Å²) in [6.45, 7) is 2.18. The topological polar surface area (TPSA) is 66.7 Å². The molecule has 0 atom stereocenters. The van der Waals surface area contributed by atoms with Gasteiger partial charge in [0.2, 0.25) is 0 Å². The fourth-order valence-electron chi connectivity index (χ4n) is 4.11. The van der Waals surface area contributed by atoms with Gasteiger partial charge in [0, 0.05) is 42.8 Å². The molecule has 7 heteroatoms. The summed E-state index contributed by atoms with van der Waals surface area (Å²) >= 11 is 5.91. The molecular formula is C21H22ClN3O3. The average Bonchev–Trinajstić information content (AvgIpc) is 2.73. The lowest BCUT2D eigenvalue weighted by Gasteiger charge is -2.36. The van der Waals surface area contributed by atoms with Crippen LogP contribution in [-0.4, -0.2) is 41.9 Å². The molecule has 1 amide bonds. The van der Waals surface area contributed by atoms with Gasteiger partial charge in [0.25, 0.3) is 11.6 Å². The molecule has 0 aromatic heterocycles. The molecule has 146 valence electrons. The predicted octanol–water partition coefficient (Wildman–Crippen LogP) is 4.09. The van der Waals surface area contributed by atoms with Gasteiger partial charge in [-0.05, 0) is 61.1 Å². The number of hydrogen-bond acceptors (Lipinski definition) is 4. The number of carbonyl (C=O) groups excluding carboxylic acids is 1. The molecule has 28 heavy (non-hydrogen) atoms. The van der Waals surface area contributed by atoms with E-state index in [1.54, 1.807) is 12.1 Å². The summed E-state index contributed by atoms with van der Waals surface area (Å²) in [7, 11) is 0. The number of carbonyl (C=O) groups is 1. The van der Waals surface area contributed by atoms with Gasteiger partial charge in [-0.25, -0.2) is 0 Å². The maximum atomic E-state index is 12.9. The number of nitro benzene ring substituents is 1. The molecule has 4 rings (SSSR count). The maximum absolute atomic E-state index is 12.9. The highest BCUT2D eigenvalue weighted by Crippen LogP contribution is 2.32. The Hall–Kier alpha value is -2.60. The highest BCUT2D eigenvalue weighted by molar-refractivity contribution is 6.30. The first kappa shape index (κ1) is 18.7. The minimum atomic E-state index is -0.411. The number of amides is 1. The Labute approximate surface area is 168 Å². The molecule has 2 aliphatic rings.